The van der Waals surface area contributed by atoms with Gasteiger partial charge in [-0.25, -0.2) is 8.42 Å². The monoisotopic (exact) mass is 467 g/mol. The summed E-state index contributed by atoms with van der Waals surface area (Å²) < 4.78 is 31.1. The number of halogens is 1. The zero-order valence-corrected chi connectivity index (χ0v) is 19.2. The van der Waals surface area contributed by atoms with Crippen molar-refractivity contribution in [1.29, 1.82) is 0 Å². The lowest BCUT2D eigenvalue weighted by Crippen LogP contribution is -2.47. The van der Waals surface area contributed by atoms with E-state index >= 15 is 0 Å². The molecule has 0 aliphatic heterocycles. The number of hydrogen-bond donors (Lipinski definition) is 2. The van der Waals surface area contributed by atoms with E-state index in [1.807, 2.05) is 0 Å². The van der Waals surface area contributed by atoms with Crippen LogP contribution in [0.25, 0.3) is 0 Å². The zero-order chi connectivity index (χ0) is 23.0. The van der Waals surface area contributed by atoms with Crippen LogP contribution in [0.3, 0.4) is 0 Å². The Morgan fingerprint density at radius 3 is 2.48 bits per heavy atom. The van der Waals surface area contributed by atoms with Crippen LogP contribution in [0.15, 0.2) is 48.5 Å². The first kappa shape index (κ1) is 24.6. The molecule has 0 aliphatic rings. The molecule has 0 heterocycles. The summed E-state index contributed by atoms with van der Waals surface area (Å²) in [5.74, 6) is -0.944. The van der Waals surface area contributed by atoms with Gasteiger partial charge in [-0.2, -0.15) is 0 Å². The van der Waals surface area contributed by atoms with Crippen LogP contribution in [0.4, 0.5) is 11.4 Å². The van der Waals surface area contributed by atoms with E-state index < -0.39 is 22.0 Å². The highest BCUT2D eigenvalue weighted by Gasteiger charge is 2.32. The molecule has 0 unspecified atom stereocenters. The Balaban J connectivity index is 2.33. The third-order valence-corrected chi connectivity index (χ3v) is 5.83. The quantitative estimate of drug-likeness (QED) is 0.523. The average molecular weight is 468 g/mol. The number of hydrogen-bond acceptors (Lipinski definition) is 5. The molecule has 10 heteroatoms. The lowest BCUT2D eigenvalue weighted by molar-refractivity contribution is -0.117. The Kier molecular flexibility index (Phi) is 8.85. The second kappa shape index (κ2) is 11.1. The predicted octanol–water partition coefficient (Wildman–Crippen LogP) is 2.90. The highest BCUT2D eigenvalue weighted by Crippen LogP contribution is 2.26. The summed E-state index contributed by atoms with van der Waals surface area (Å²) >= 11 is 6.03. The number of rotatable bonds is 10. The second-order valence-corrected chi connectivity index (χ2v) is 9.04. The summed E-state index contributed by atoms with van der Waals surface area (Å²) in [6.45, 7) is 2.36. The molecule has 2 aromatic rings. The van der Waals surface area contributed by atoms with Gasteiger partial charge < -0.3 is 15.4 Å². The lowest BCUT2D eigenvalue weighted by Gasteiger charge is -2.30. The molecule has 31 heavy (non-hydrogen) atoms. The molecule has 168 valence electrons. The highest BCUT2D eigenvalue weighted by molar-refractivity contribution is 7.92. The molecule has 2 aromatic carbocycles. The van der Waals surface area contributed by atoms with Gasteiger partial charge in [0, 0.05) is 18.7 Å². The standard InChI is InChI=1S/C21H26ClN3O5S/c1-4-19(25(31(3,28)29)16-9-7-8-15(22)14-16)21(27)24-18-11-6-5-10-17(18)20(26)23-12-13-30-2/h5-11,14,19H,4,12-13H2,1-3H3,(H,23,26)(H,24,27)/t19-/m0/s1. The number of methoxy groups -OCH3 is 1. The molecule has 0 spiro atoms. The van der Waals surface area contributed by atoms with E-state index in [0.29, 0.717) is 18.2 Å². The number of sulfonamides is 1. The van der Waals surface area contributed by atoms with Gasteiger partial charge in [-0.15, -0.1) is 0 Å². The third kappa shape index (κ3) is 6.68. The first-order chi connectivity index (χ1) is 14.7. The Bertz CT molecular complexity index is 1030. The second-order valence-electron chi connectivity index (χ2n) is 6.75. The molecule has 0 fully saturated rings. The Morgan fingerprint density at radius 2 is 1.87 bits per heavy atom. The van der Waals surface area contributed by atoms with Gasteiger partial charge in [-0.3, -0.25) is 13.9 Å². The van der Waals surface area contributed by atoms with Crippen molar-refractivity contribution in [1.82, 2.24) is 5.32 Å². The molecule has 2 N–H and O–H groups in total. The van der Waals surface area contributed by atoms with E-state index in [1.165, 1.54) is 13.2 Å². The predicted molar refractivity (Wildman–Crippen MR) is 122 cm³/mol. The van der Waals surface area contributed by atoms with E-state index in [1.54, 1.807) is 49.4 Å². The molecule has 0 saturated heterocycles. The number of nitrogens with zero attached hydrogens (tertiary/aromatic N) is 1. The molecule has 2 amide bonds. The molecule has 2 rings (SSSR count). The number of para-hydroxylation sites is 1. The van der Waals surface area contributed by atoms with Crippen LogP contribution in [0.5, 0.6) is 0 Å². The number of ether oxygens (including phenoxy) is 1. The summed E-state index contributed by atoms with van der Waals surface area (Å²) in [6, 6.07) is 11.7. The van der Waals surface area contributed by atoms with Gasteiger partial charge in [0.25, 0.3) is 5.91 Å². The van der Waals surface area contributed by atoms with E-state index in [4.69, 9.17) is 16.3 Å². The van der Waals surface area contributed by atoms with Crippen molar-refractivity contribution in [3.63, 3.8) is 0 Å². The maximum Gasteiger partial charge on any atom is 0.253 e. The Labute approximate surface area is 187 Å². The summed E-state index contributed by atoms with van der Waals surface area (Å²) in [4.78, 5) is 25.6. The smallest absolute Gasteiger partial charge is 0.253 e. The molecule has 0 saturated carbocycles. The zero-order valence-electron chi connectivity index (χ0n) is 17.6. The molecule has 0 radical (unpaired) electrons. The molecular formula is C21H26ClN3O5S. The topological polar surface area (TPSA) is 105 Å². The SMILES string of the molecule is CC[C@@H](C(=O)Nc1ccccc1C(=O)NCCOC)N(c1cccc(Cl)c1)S(C)(=O)=O. The van der Waals surface area contributed by atoms with Crippen LogP contribution in [0, 0.1) is 0 Å². The molecule has 1 atom stereocenters. The fourth-order valence-corrected chi connectivity index (χ4v) is 4.43. The normalized spacial score (nSPS) is 12.1. The van der Waals surface area contributed by atoms with Crippen molar-refractivity contribution in [3.8, 4) is 0 Å². The largest absolute Gasteiger partial charge is 0.383 e. The van der Waals surface area contributed by atoms with Gasteiger partial charge in [0.1, 0.15) is 6.04 Å². The van der Waals surface area contributed by atoms with Crippen molar-refractivity contribution in [2.75, 3.05) is 36.1 Å². The number of carbonyl (C=O) groups excluding carboxylic acids is 2. The summed E-state index contributed by atoms with van der Waals surface area (Å²) in [7, 11) is -2.28. The maximum atomic E-state index is 13.1. The molecule has 0 aromatic heterocycles. The maximum absolute atomic E-state index is 13.1. The molecule has 8 nitrogen and oxygen atoms in total. The highest BCUT2D eigenvalue weighted by atomic mass is 35.5. The number of carbonyl (C=O) groups is 2. The van der Waals surface area contributed by atoms with Gasteiger partial charge in [0.2, 0.25) is 15.9 Å². The Hall–Kier alpha value is -2.62. The number of anilines is 2. The molecule has 0 bridgehead atoms. The van der Waals surface area contributed by atoms with Gasteiger partial charge >= 0.3 is 0 Å². The summed E-state index contributed by atoms with van der Waals surface area (Å²) in [5, 5.41) is 5.75. The fourth-order valence-electron chi connectivity index (χ4n) is 3.04. The fraction of sp³-hybridized carbons (Fsp3) is 0.333. The minimum Gasteiger partial charge on any atom is -0.383 e. The van der Waals surface area contributed by atoms with E-state index in [-0.39, 0.29) is 29.3 Å². The van der Waals surface area contributed by atoms with Crippen molar-refractivity contribution < 1.29 is 22.7 Å². The molecule has 0 aliphatic carbocycles. The van der Waals surface area contributed by atoms with E-state index in [2.05, 4.69) is 10.6 Å². The van der Waals surface area contributed by atoms with Crippen LogP contribution < -0.4 is 14.9 Å². The van der Waals surface area contributed by atoms with Gasteiger partial charge in [0.15, 0.2) is 0 Å². The van der Waals surface area contributed by atoms with Crippen molar-refractivity contribution in [2.24, 2.45) is 0 Å². The number of amides is 2. The number of nitrogens with one attached hydrogen (secondary N) is 2. The average Bonchev–Trinajstić information content (AvgIpc) is 2.71. The van der Waals surface area contributed by atoms with E-state index in [9.17, 15) is 18.0 Å². The lowest BCUT2D eigenvalue weighted by atomic mass is 10.1. The first-order valence-electron chi connectivity index (χ1n) is 9.61. The van der Waals surface area contributed by atoms with Gasteiger partial charge in [-0.1, -0.05) is 36.7 Å². The minimum absolute atomic E-state index is 0.202. The minimum atomic E-state index is -3.80. The van der Waals surface area contributed by atoms with Crippen LogP contribution in [0.1, 0.15) is 23.7 Å². The van der Waals surface area contributed by atoms with Crippen LogP contribution in [0.2, 0.25) is 5.02 Å². The first-order valence-corrected chi connectivity index (χ1v) is 11.8. The van der Waals surface area contributed by atoms with Crippen molar-refractivity contribution >= 4 is 44.8 Å². The number of benzene rings is 2. The van der Waals surface area contributed by atoms with Crippen LogP contribution in [-0.4, -0.2) is 52.8 Å². The summed E-state index contributed by atoms with van der Waals surface area (Å²) in [6.07, 6.45) is 1.23. The van der Waals surface area contributed by atoms with Crippen molar-refractivity contribution in [2.45, 2.75) is 19.4 Å². The summed E-state index contributed by atoms with van der Waals surface area (Å²) in [5.41, 5.74) is 0.818. The van der Waals surface area contributed by atoms with Gasteiger partial charge in [0.05, 0.1) is 29.8 Å². The van der Waals surface area contributed by atoms with Crippen molar-refractivity contribution in [3.05, 3.63) is 59.1 Å². The molecular weight excluding hydrogens is 442 g/mol. The third-order valence-electron chi connectivity index (χ3n) is 4.41. The van der Waals surface area contributed by atoms with Crippen LogP contribution in [-0.2, 0) is 19.6 Å². The van der Waals surface area contributed by atoms with Gasteiger partial charge in [-0.05, 0) is 36.8 Å². The van der Waals surface area contributed by atoms with E-state index in [0.717, 1.165) is 10.6 Å². The Morgan fingerprint density at radius 1 is 1.16 bits per heavy atom. The van der Waals surface area contributed by atoms with Crippen LogP contribution >= 0.6 is 11.6 Å².